The number of nitrogens with one attached hydrogen (secondary N) is 1. The maximum Gasteiger partial charge on any atom is 0.230 e. The number of likely N-dealkylation sites (tertiary alicyclic amines) is 1. The fourth-order valence-electron chi connectivity index (χ4n) is 6.56. The van der Waals surface area contributed by atoms with Crippen molar-refractivity contribution in [3.8, 4) is 0 Å². The first kappa shape index (κ1) is 23.0. The molecule has 4 aliphatic rings. The Kier molecular flexibility index (Phi) is 6.58. The lowest BCUT2D eigenvalue weighted by atomic mass is 9.78. The largest absolute Gasteiger partial charge is 0.393 e. The Labute approximate surface area is 201 Å². The van der Waals surface area contributed by atoms with Crippen molar-refractivity contribution in [1.82, 2.24) is 4.90 Å². The van der Waals surface area contributed by atoms with Crippen LogP contribution in [-0.2, 0) is 9.59 Å². The lowest BCUT2D eigenvalue weighted by Crippen LogP contribution is -2.50. The van der Waals surface area contributed by atoms with Gasteiger partial charge in [0, 0.05) is 37.3 Å². The molecular formula is C26H36ClN3O3. The van der Waals surface area contributed by atoms with Gasteiger partial charge in [0.2, 0.25) is 11.8 Å². The average molecular weight is 474 g/mol. The number of nitrogens with zero attached hydrogens (tertiary/aromatic N) is 2. The molecule has 7 heteroatoms. The van der Waals surface area contributed by atoms with Gasteiger partial charge >= 0.3 is 0 Å². The Hall–Kier alpha value is -1.79. The van der Waals surface area contributed by atoms with Gasteiger partial charge in [-0.2, -0.15) is 0 Å². The standard InChI is InChI=1S/C26H36ClN3O3/c27-22-16-19(28-24(32)18-4-1-2-5-18)6-11-23(22)29-14-3-12-26(17-29)13-15-30(25(26)33)20-7-9-21(31)10-8-20/h6,11,16,18,20-21,31H,1-5,7-10,12-15,17H2,(H,28,32)/t20-,21-,26?. The molecule has 4 fully saturated rings. The van der Waals surface area contributed by atoms with Gasteiger partial charge in [0.15, 0.2) is 0 Å². The molecule has 2 heterocycles. The van der Waals surface area contributed by atoms with Crippen LogP contribution in [0.15, 0.2) is 18.2 Å². The minimum absolute atomic E-state index is 0.0973. The SMILES string of the molecule is O=C(Nc1ccc(N2CCCC3(CCN([C@H]4CC[C@H](O)CC4)C3=O)C2)c(Cl)c1)C1CCCC1. The summed E-state index contributed by atoms with van der Waals surface area (Å²) in [6, 6.07) is 6.06. The number of amides is 2. The van der Waals surface area contributed by atoms with E-state index in [2.05, 4.69) is 15.1 Å². The van der Waals surface area contributed by atoms with Crippen LogP contribution in [0.25, 0.3) is 0 Å². The molecule has 0 radical (unpaired) electrons. The van der Waals surface area contributed by atoms with Gasteiger partial charge in [0.05, 0.1) is 22.2 Å². The first-order valence-corrected chi connectivity index (χ1v) is 13.2. The fraction of sp³-hybridized carbons (Fsp3) is 0.692. The van der Waals surface area contributed by atoms with Gasteiger partial charge in [-0.3, -0.25) is 9.59 Å². The summed E-state index contributed by atoms with van der Waals surface area (Å²) in [6.45, 7) is 2.41. The van der Waals surface area contributed by atoms with Crippen LogP contribution in [0.2, 0.25) is 5.02 Å². The van der Waals surface area contributed by atoms with Gasteiger partial charge in [0.1, 0.15) is 0 Å². The van der Waals surface area contributed by atoms with Gasteiger partial charge in [-0.05, 0) is 76.0 Å². The second kappa shape index (κ2) is 9.46. The second-order valence-corrected chi connectivity index (χ2v) is 11.1. The summed E-state index contributed by atoms with van der Waals surface area (Å²) < 4.78 is 0. The predicted molar refractivity (Wildman–Crippen MR) is 131 cm³/mol. The summed E-state index contributed by atoms with van der Waals surface area (Å²) in [7, 11) is 0. The number of hydrogen-bond donors (Lipinski definition) is 2. The Balaban J connectivity index is 1.26. The lowest BCUT2D eigenvalue weighted by molar-refractivity contribution is -0.139. The number of piperidine rings is 1. The highest BCUT2D eigenvalue weighted by Crippen LogP contribution is 2.44. The number of aliphatic hydroxyl groups excluding tert-OH is 1. The summed E-state index contributed by atoms with van der Waals surface area (Å²) in [4.78, 5) is 30.4. The monoisotopic (exact) mass is 473 g/mol. The molecule has 6 nitrogen and oxygen atoms in total. The Morgan fingerprint density at radius 3 is 2.52 bits per heavy atom. The van der Waals surface area contributed by atoms with E-state index in [1.807, 2.05) is 18.2 Å². The van der Waals surface area contributed by atoms with E-state index in [0.29, 0.717) is 17.5 Å². The van der Waals surface area contributed by atoms with E-state index in [1.165, 1.54) is 0 Å². The third-order valence-electron chi connectivity index (χ3n) is 8.51. The van der Waals surface area contributed by atoms with E-state index in [1.54, 1.807) is 0 Å². The van der Waals surface area contributed by atoms with Crippen LogP contribution in [0.3, 0.4) is 0 Å². The van der Waals surface area contributed by atoms with E-state index in [9.17, 15) is 14.7 Å². The topological polar surface area (TPSA) is 72.9 Å². The summed E-state index contributed by atoms with van der Waals surface area (Å²) in [5.41, 5.74) is 1.36. The van der Waals surface area contributed by atoms with E-state index < -0.39 is 0 Å². The zero-order valence-electron chi connectivity index (χ0n) is 19.4. The van der Waals surface area contributed by atoms with E-state index >= 15 is 0 Å². The molecule has 1 aromatic rings. The molecule has 2 N–H and O–H groups in total. The van der Waals surface area contributed by atoms with Gasteiger partial charge in [0.25, 0.3) is 0 Å². The fourth-order valence-corrected chi connectivity index (χ4v) is 6.86. The van der Waals surface area contributed by atoms with Crippen LogP contribution in [0.1, 0.15) is 70.6 Å². The minimum atomic E-state index is -0.326. The summed E-state index contributed by atoms with van der Waals surface area (Å²) in [5, 5.41) is 13.5. The Bertz CT molecular complexity index is 895. The Morgan fingerprint density at radius 2 is 1.79 bits per heavy atom. The van der Waals surface area contributed by atoms with Gasteiger partial charge in [-0.15, -0.1) is 0 Å². The predicted octanol–water partition coefficient (Wildman–Crippen LogP) is 4.59. The van der Waals surface area contributed by atoms with E-state index in [4.69, 9.17) is 11.6 Å². The molecule has 5 rings (SSSR count). The molecule has 1 unspecified atom stereocenters. The van der Waals surface area contributed by atoms with Crippen molar-refractivity contribution in [2.45, 2.75) is 82.8 Å². The molecule has 2 saturated heterocycles. The molecule has 0 bridgehead atoms. The van der Waals surface area contributed by atoms with Crippen LogP contribution in [0.4, 0.5) is 11.4 Å². The van der Waals surface area contributed by atoms with Crippen LogP contribution in [-0.4, -0.2) is 53.6 Å². The summed E-state index contributed by atoms with van der Waals surface area (Å²) >= 11 is 6.69. The number of benzene rings is 1. The van der Waals surface area contributed by atoms with E-state index in [-0.39, 0.29) is 29.4 Å². The number of hydrogen-bond acceptors (Lipinski definition) is 4. The quantitative estimate of drug-likeness (QED) is 0.670. The number of halogens is 1. The zero-order chi connectivity index (χ0) is 23.0. The molecule has 1 spiro atoms. The van der Waals surface area contributed by atoms with Crippen LogP contribution < -0.4 is 10.2 Å². The average Bonchev–Trinajstić information content (AvgIpc) is 3.45. The first-order chi connectivity index (χ1) is 15.9. The number of anilines is 2. The molecule has 1 aromatic carbocycles. The van der Waals surface area contributed by atoms with Crippen molar-refractivity contribution < 1.29 is 14.7 Å². The van der Waals surface area contributed by atoms with Crippen molar-refractivity contribution in [3.05, 3.63) is 23.2 Å². The molecule has 1 atom stereocenters. The maximum absolute atomic E-state index is 13.6. The molecule has 2 saturated carbocycles. The molecule has 2 aliphatic heterocycles. The van der Waals surface area contributed by atoms with Crippen molar-refractivity contribution in [2.75, 3.05) is 29.9 Å². The summed E-state index contributed by atoms with van der Waals surface area (Å²) in [6.07, 6.45) is 10.2. The molecule has 2 amide bonds. The normalized spacial score (nSPS) is 30.9. The van der Waals surface area contributed by atoms with Crippen LogP contribution >= 0.6 is 11.6 Å². The van der Waals surface area contributed by atoms with Crippen molar-refractivity contribution >= 4 is 34.8 Å². The lowest BCUT2D eigenvalue weighted by Gasteiger charge is -2.41. The highest BCUT2D eigenvalue weighted by molar-refractivity contribution is 6.33. The maximum atomic E-state index is 13.6. The molecule has 2 aliphatic carbocycles. The number of carbonyl (C=O) groups excluding carboxylic acids is 2. The molecular weight excluding hydrogens is 438 g/mol. The molecule has 0 aromatic heterocycles. The first-order valence-electron chi connectivity index (χ1n) is 12.8. The van der Waals surface area contributed by atoms with Crippen molar-refractivity contribution in [1.29, 1.82) is 0 Å². The zero-order valence-corrected chi connectivity index (χ0v) is 20.2. The van der Waals surface area contributed by atoms with Crippen LogP contribution in [0.5, 0.6) is 0 Å². The second-order valence-electron chi connectivity index (χ2n) is 10.7. The van der Waals surface area contributed by atoms with Crippen molar-refractivity contribution in [2.24, 2.45) is 11.3 Å². The molecule has 180 valence electrons. The summed E-state index contributed by atoms with van der Waals surface area (Å²) in [5.74, 6) is 0.513. The van der Waals surface area contributed by atoms with E-state index in [0.717, 1.165) is 95.1 Å². The number of carbonyl (C=O) groups is 2. The van der Waals surface area contributed by atoms with Gasteiger partial charge < -0.3 is 20.2 Å². The van der Waals surface area contributed by atoms with Gasteiger partial charge in [-0.1, -0.05) is 24.4 Å². The van der Waals surface area contributed by atoms with Gasteiger partial charge in [-0.25, -0.2) is 0 Å². The van der Waals surface area contributed by atoms with Crippen molar-refractivity contribution in [3.63, 3.8) is 0 Å². The third-order valence-corrected chi connectivity index (χ3v) is 8.81. The minimum Gasteiger partial charge on any atom is -0.393 e. The number of aliphatic hydroxyl groups is 1. The smallest absolute Gasteiger partial charge is 0.230 e. The number of rotatable bonds is 4. The Morgan fingerprint density at radius 1 is 1.03 bits per heavy atom. The highest BCUT2D eigenvalue weighted by atomic mass is 35.5. The highest BCUT2D eigenvalue weighted by Gasteiger charge is 2.50. The van der Waals surface area contributed by atoms with Crippen LogP contribution in [0, 0.1) is 11.3 Å². The third kappa shape index (κ3) is 4.61. The molecule has 33 heavy (non-hydrogen) atoms.